The molecular weight excluding hydrogens is 456 g/mol. The summed E-state index contributed by atoms with van der Waals surface area (Å²) in [5.74, 6) is -1.46. The van der Waals surface area contributed by atoms with Gasteiger partial charge >= 0.3 is 11.9 Å². The Labute approximate surface area is 207 Å². The van der Waals surface area contributed by atoms with Gasteiger partial charge in [0.2, 0.25) is 0 Å². The maximum Gasteiger partial charge on any atom is 0.344 e. The molecule has 0 aliphatic carbocycles. The topological polar surface area (TPSA) is 105 Å². The van der Waals surface area contributed by atoms with Gasteiger partial charge in [0.25, 0.3) is 5.91 Å². The molecule has 0 unspecified atom stereocenters. The predicted octanol–water partition coefficient (Wildman–Crippen LogP) is 5.39. The van der Waals surface area contributed by atoms with Crippen molar-refractivity contribution >= 4 is 40.4 Å². The molecule has 0 radical (unpaired) electrons. The number of nitrogens with zero attached hydrogens (tertiary/aromatic N) is 1. The van der Waals surface area contributed by atoms with E-state index < -0.39 is 17.8 Å². The fourth-order valence-corrected chi connectivity index (χ4v) is 3.58. The van der Waals surface area contributed by atoms with E-state index in [1.54, 1.807) is 48.5 Å². The van der Waals surface area contributed by atoms with Crippen LogP contribution in [0.3, 0.4) is 0 Å². The molecule has 0 aliphatic heterocycles. The number of carbonyl (C=O) groups excluding carboxylic acids is 3. The van der Waals surface area contributed by atoms with Crippen molar-refractivity contribution in [1.29, 1.82) is 5.26 Å². The lowest BCUT2D eigenvalue weighted by Gasteiger charge is -2.09. The average Bonchev–Trinajstić information content (AvgIpc) is 2.92. The summed E-state index contributed by atoms with van der Waals surface area (Å²) in [4.78, 5) is 37.3. The van der Waals surface area contributed by atoms with Gasteiger partial charge in [0, 0.05) is 0 Å². The van der Waals surface area contributed by atoms with Gasteiger partial charge in [0.05, 0.1) is 23.9 Å². The van der Waals surface area contributed by atoms with Crippen LogP contribution in [0.2, 0.25) is 0 Å². The SMILES string of the molecule is COC(=O)c1ccccc1NC(=O)/C(C#N)=C\c1ccc(OC(=O)c2cccc3ccccc23)cc1. The molecule has 0 atom stereocenters. The number of rotatable bonds is 6. The molecule has 36 heavy (non-hydrogen) atoms. The van der Waals surface area contributed by atoms with Crippen molar-refractivity contribution in [3.8, 4) is 11.8 Å². The van der Waals surface area contributed by atoms with Gasteiger partial charge in [0.1, 0.15) is 17.4 Å². The van der Waals surface area contributed by atoms with Crippen LogP contribution in [-0.4, -0.2) is 25.0 Å². The summed E-state index contributed by atoms with van der Waals surface area (Å²) < 4.78 is 10.2. The van der Waals surface area contributed by atoms with E-state index in [9.17, 15) is 19.6 Å². The number of hydrogen-bond donors (Lipinski definition) is 1. The first kappa shape index (κ1) is 23.9. The van der Waals surface area contributed by atoms with Crippen molar-refractivity contribution in [2.75, 3.05) is 12.4 Å². The first-order chi connectivity index (χ1) is 17.5. The number of hydrogen-bond acceptors (Lipinski definition) is 6. The van der Waals surface area contributed by atoms with E-state index in [0.717, 1.165) is 10.8 Å². The Morgan fingerprint density at radius 2 is 1.47 bits per heavy atom. The van der Waals surface area contributed by atoms with Crippen LogP contribution in [0, 0.1) is 11.3 Å². The second-order valence-electron chi connectivity index (χ2n) is 7.65. The van der Waals surface area contributed by atoms with Crippen molar-refractivity contribution in [2.24, 2.45) is 0 Å². The molecule has 0 fully saturated rings. The number of carbonyl (C=O) groups is 3. The van der Waals surface area contributed by atoms with Gasteiger partial charge < -0.3 is 14.8 Å². The highest BCUT2D eigenvalue weighted by atomic mass is 16.5. The lowest BCUT2D eigenvalue weighted by Crippen LogP contribution is -2.16. The molecule has 1 amide bonds. The summed E-state index contributed by atoms with van der Waals surface area (Å²) in [6.07, 6.45) is 1.40. The first-order valence-electron chi connectivity index (χ1n) is 10.9. The third-order valence-corrected chi connectivity index (χ3v) is 5.36. The highest BCUT2D eigenvalue weighted by Crippen LogP contribution is 2.22. The third-order valence-electron chi connectivity index (χ3n) is 5.36. The summed E-state index contributed by atoms with van der Waals surface area (Å²) in [5, 5.41) is 13.8. The zero-order valence-electron chi connectivity index (χ0n) is 19.2. The van der Waals surface area contributed by atoms with Crippen LogP contribution in [0.1, 0.15) is 26.3 Å². The highest BCUT2D eigenvalue weighted by Gasteiger charge is 2.16. The predicted molar refractivity (Wildman–Crippen MR) is 135 cm³/mol. The van der Waals surface area contributed by atoms with Crippen molar-refractivity contribution in [1.82, 2.24) is 0 Å². The molecule has 0 aliphatic rings. The summed E-state index contributed by atoms with van der Waals surface area (Å²) in [6, 6.07) is 27.6. The molecular formula is C29H20N2O5. The maximum atomic E-state index is 12.7. The smallest absolute Gasteiger partial charge is 0.344 e. The maximum absolute atomic E-state index is 12.7. The Morgan fingerprint density at radius 3 is 2.22 bits per heavy atom. The zero-order valence-corrected chi connectivity index (χ0v) is 19.2. The number of ether oxygens (including phenoxy) is 2. The second-order valence-corrected chi connectivity index (χ2v) is 7.65. The number of benzene rings is 4. The number of anilines is 1. The number of methoxy groups -OCH3 is 1. The number of nitriles is 1. The van der Waals surface area contributed by atoms with Gasteiger partial charge in [-0.1, -0.05) is 60.7 Å². The average molecular weight is 476 g/mol. The molecule has 0 saturated heterocycles. The minimum Gasteiger partial charge on any atom is -0.465 e. The third kappa shape index (κ3) is 5.29. The molecule has 4 rings (SSSR count). The Bertz CT molecular complexity index is 1530. The van der Waals surface area contributed by atoms with Crippen LogP contribution in [-0.2, 0) is 9.53 Å². The van der Waals surface area contributed by atoms with E-state index in [1.165, 1.54) is 25.3 Å². The van der Waals surface area contributed by atoms with E-state index in [-0.39, 0.29) is 16.8 Å². The van der Waals surface area contributed by atoms with Crippen LogP contribution < -0.4 is 10.1 Å². The summed E-state index contributed by atoms with van der Waals surface area (Å²) in [5.41, 5.74) is 1.23. The van der Waals surface area contributed by atoms with Gasteiger partial charge in [0.15, 0.2) is 0 Å². The van der Waals surface area contributed by atoms with Crippen molar-refractivity contribution in [2.45, 2.75) is 0 Å². The normalized spacial score (nSPS) is 10.8. The van der Waals surface area contributed by atoms with Gasteiger partial charge in [-0.15, -0.1) is 0 Å². The molecule has 0 aromatic heterocycles. The number of esters is 2. The summed E-state index contributed by atoms with van der Waals surface area (Å²) >= 11 is 0. The summed E-state index contributed by atoms with van der Waals surface area (Å²) in [6.45, 7) is 0. The Hall–Kier alpha value is -5.22. The number of para-hydroxylation sites is 1. The van der Waals surface area contributed by atoms with E-state index in [2.05, 4.69) is 5.32 Å². The van der Waals surface area contributed by atoms with Gasteiger partial charge in [-0.3, -0.25) is 4.79 Å². The minimum atomic E-state index is -0.680. The first-order valence-corrected chi connectivity index (χ1v) is 10.9. The van der Waals surface area contributed by atoms with Crippen molar-refractivity contribution in [3.63, 3.8) is 0 Å². The van der Waals surface area contributed by atoms with Gasteiger partial charge in [-0.05, 0) is 52.7 Å². The van der Waals surface area contributed by atoms with E-state index in [0.29, 0.717) is 16.9 Å². The summed E-state index contributed by atoms with van der Waals surface area (Å²) in [7, 11) is 1.24. The number of fused-ring (bicyclic) bond motifs is 1. The van der Waals surface area contributed by atoms with Crippen molar-refractivity contribution < 1.29 is 23.9 Å². The van der Waals surface area contributed by atoms with E-state index in [1.807, 2.05) is 36.4 Å². The molecule has 4 aromatic rings. The molecule has 0 spiro atoms. The monoisotopic (exact) mass is 476 g/mol. The zero-order chi connectivity index (χ0) is 25.5. The van der Waals surface area contributed by atoms with E-state index in [4.69, 9.17) is 9.47 Å². The lowest BCUT2D eigenvalue weighted by atomic mass is 10.0. The lowest BCUT2D eigenvalue weighted by molar-refractivity contribution is -0.112. The Kier molecular flexibility index (Phi) is 7.18. The molecule has 0 heterocycles. The highest BCUT2D eigenvalue weighted by molar-refractivity contribution is 6.12. The molecule has 7 heteroatoms. The second kappa shape index (κ2) is 10.8. The molecule has 7 nitrogen and oxygen atoms in total. The number of nitrogens with one attached hydrogen (secondary N) is 1. The van der Waals surface area contributed by atoms with Gasteiger partial charge in [-0.25, -0.2) is 9.59 Å². The van der Waals surface area contributed by atoms with Crippen LogP contribution in [0.15, 0.2) is 96.6 Å². The Morgan fingerprint density at radius 1 is 0.806 bits per heavy atom. The number of amides is 1. The molecule has 1 N–H and O–H groups in total. The van der Waals surface area contributed by atoms with Crippen LogP contribution in [0.25, 0.3) is 16.8 Å². The standard InChI is InChI=1S/C29H20N2O5/c1-35-28(33)25-10-4-5-12-26(25)31-27(32)21(18-30)17-19-13-15-22(16-14-19)36-29(34)24-11-6-8-20-7-2-3-9-23(20)24/h2-17H,1H3,(H,31,32)/b21-17-. The fourth-order valence-electron chi connectivity index (χ4n) is 3.58. The molecule has 176 valence electrons. The van der Waals surface area contributed by atoms with Crippen LogP contribution in [0.5, 0.6) is 5.75 Å². The van der Waals surface area contributed by atoms with E-state index >= 15 is 0 Å². The van der Waals surface area contributed by atoms with Crippen LogP contribution in [0.4, 0.5) is 5.69 Å². The molecule has 4 aromatic carbocycles. The Balaban J connectivity index is 1.49. The molecule has 0 saturated carbocycles. The quantitative estimate of drug-likeness (QED) is 0.173. The minimum absolute atomic E-state index is 0.169. The largest absolute Gasteiger partial charge is 0.465 e. The fraction of sp³-hybridized carbons (Fsp3) is 0.0345. The van der Waals surface area contributed by atoms with Crippen molar-refractivity contribution in [3.05, 3.63) is 113 Å². The van der Waals surface area contributed by atoms with Crippen LogP contribution >= 0.6 is 0 Å². The molecule has 0 bridgehead atoms. The van der Waals surface area contributed by atoms with Gasteiger partial charge in [-0.2, -0.15) is 5.26 Å².